The molecule has 2 aromatic rings. The molecule has 2 aliphatic rings. The van der Waals surface area contributed by atoms with Crippen LogP contribution in [0.1, 0.15) is 0 Å². The number of amides is 1. The molecule has 0 unspecified atom stereocenters. The number of hydrogen-bond donors (Lipinski definition) is 0. The topological polar surface area (TPSA) is 91.6 Å². The van der Waals surface area contributed by atoms with Crippen LogP contribution in [0, 0.1) is 0 Å². The Hall–Kier alpha value is -2.33. The van der Waals surface area contributed by atoms with E-state index in [0.29, 0.717) is 43.0 Å². The summed E-state index contributed by atoms with van der Waals surface area (Å²) >= 11 is 1.31. The Labute approximate surface area is 141 Å². The van der Waals surface area contributed by atoms with Crippen molar-refractivity contribution in [3.05, 3.63) is 18.2 Å². The molecule has 0 atom stereocenters. The average molecular weight is 349 g/mol. The minimum atomic E-state index is 0.0588. The van der Waals surface area contributed by atoms with E-state index in [1.807, 2.05) is 18.2 Å². The van der Waals surface area contributed by atoms with Gasteiger partial charge in [-0.1, -0.05) is 11.8 Å². The minimum absolute atomic E-state index is 0.0588. The van der Waals surface area contributed by atoms with Gasteiger partial charge in [0.2, 0.25) is 17.9 Å². The lowest BCUT2D eigenvalue weighted by molar-refractivity contribution is -0.132. The first kappa shape index (κ1) is 15.2. The predicted molar refractivity (Wildman–Crippen MR) is 83.4 cm³/mol. The number of morpholine rings is 1. The highest BCUT2D eigenvalue weighted by Crippen LogP contribution is 2.34. The van der Waals surface area contributed by atoms with E-state index in [1.54, 1.807) is 9.58 Å². The molecule has 0 bridgehead atoms. The van der Waals surface area contributed by atoms with Crippen molar-refractivity contribution in [2.45, 2.75) is 5.16 Å². The Kier molecular flexibility index (Phi) is 4.22. The van der Waals surface area contributed by atoms with E-state index in [-0.39, 0.29) is 18.5 Å². The lowest BCUT2D eigenvalue weighted by Crippen LogP contribution is -2.41. The molecule has 24 heavy (non-hydrogen) atoms. The number of benzene rings is 1. The summed E-state index contributed by atoms with van der Waals surface area (Å²) in [6.07, 6.45) is 0. The quantitative estimate of drug-likeness (QED) is 0.730. The maximum atomic E-state index is 12.2. The van der Waals surface area contributed by atoms with Crippen molar-refractivity contribution in [1.29, 1.82) is 0 Å². The second kappa shape index (κ2) is 6.65. The van der Waals surface area contributed by atoms with Crippen molar-refractivity contribution >= 4 is 17.7 Å². The van der Waals surface area contributed by atoms with Gasteiger partial charge in [-0.15, -0.1) is 5.10 Å². The second-order valence-corrected chi connectivity index (χ2v) is 6.14. The van der Waals surface area contributed by atoms with Gasteiger partial charge in [0, 0.05) is 19.2 Å². The summed E-state index contributed by atoms with van der Waals surface area (Å²) in [5, 5.41) is 12.3. The smallest absolute Gasteiger partial charge is 0.233 e. The number of carbonyl (C=O) groups is 1. The van der Waals surface area contributed by atoms with Crippen molar-refractivity contribution in [2.24, 2.45) is 0 Å². The zero-order valence-corrected chi connectivity index (χ0v) is 13.6. The highest BCUT2D eigenvalue weighted by atomic mass is 32.2. The van der Waals surface area contributed by atoms with Crippen LogP contribution in [0.2, 0.25) is 0 Å². The van der Waals surface area contributed by atoms with Crippen LogP contribution in [-0.2, 0) is 9.53 Å². The molecule has 1 fully saturated rings. The third kappa shape index (κ3) is 3.02. The summed E-state index contributed by atoms with van der Waals surface area (Å²) in [6.45, 7) is 2.65. The number of thioether (sulfide) groups is 1. The van der Waals surface area contributed by atoms with Gasteiger partial charge in [0.15, 0.2) is 11.5 Å². The molecule has 0 spiro atoms. The summed E-state index contributed by atoms with van der Waals surface area (Å²) in [7, 11) is 0. The molecule has 1 aromatic carbocycles. The Balaban J connectivity index is 1.45. The number of ether oxygens (including phenoxy) is 3. The first-order valence-corrected chi connectivity index (χ1v) is 8.46. The standard InChI is InChI=1S/C14H15N5O4S/c20-13(18-3-5-21-6-4-18)8-24-14-15-16-17-19(14)10-1-2-11-12(7-10)23-9-22-11/h1-2,7H,3-6,8-9H2. The van der Waals surface area contributed by atoms with Crippen molar-refractivity contribution in [1.82, 2.24) is 25.1 Å². The lowest BCUT2D eigenvalue weighted by atomic mass is 10.3. The number of tetrazole rings is 1. The van der Waals surface area contributed by atoms with Crippen LogP contribution in [0.3, 0.4) is 0 Å². The fraction of sp³-hybridized carbons (Fsp3) is 0.429. The van der Waals surface area contributed by atoms with Gasteiger partial charge in [-0.25, -0.2) is 0 Å². The van der Waals surface area contributed by atoms with Crippen molar-refractivity contribution < 1.29 is 19.0 Å². The molecule has 0 radical (unpaired) electrons. The van der Waals surface area contributed by atoms with Crippen molar-refractivity contribution in [2.75, 3.05) is 38.8 Å². The SMILES string of the molecule is O=C(CSc1nnnn1-c1ccc2c(c1)OCO2)N1CCOCC1. The van der Waals surface area contributed by atoms with Gasteiger partial charge in [0.1, 0.15) is 0 Å². The van der Waals surface area contributed by atoms with Gasteiger partial charge in [-0.2, -0.15) is 4.68 Å². The molecule has 1 aromatic heterocycles. The molecule has 2 aliphatic heterocycles. The van der Waals surface area contributed by atoms with Gasteiger partial charge in [0.05, 0.1) is 24.7 Å². The number of rotatable bonds is 4. The molecular weight excluding hydrogens is 334 g/mol. The van der Waals surface area contributed by atoms with Crippen LogP contribution in [-0.4, -0.2) is 69.9 Å². The summed E-state index contributed by atoms with van der Waals surface area (Å²) < 4.78 is 17.5. The Morgan fingerprint density at radius 2 is 2.04 bits per heavy atom. The third-order valence-corrected chi connectivity index (χ3v) is 4.63. The summed E-state index contributed by atoms with van der Waals surface area (Å²) in [5.41, 5.74) is 0.755. The third-order valence-electron chi connectivity index (χ3n) is 3.73. The normalized spacial score (nSPS) is 16.4. The maximum Gasteiger partial charge on any atom is 0.233 e. The van der Waals surface area contributed by atoms with Gasteiger partial charge >= 0.3 is 0 Å². The predicted octanol–water partition coefficient (Wildman–Crippen LogP) is 0.342. The number of fused-ring (bicyclic) bond motifs is 1. The molecule has 10 heteroatoms. The van der Waals surface area contributed by atoms with Crippen molar-refractivity contribution in [3.63, 3.8) is 0 Å². The zero-order valence-electron chi connectivity index (χ0n) is 12.8. The van der Waals surface area contributed by atoms with Crippen LogP contribution >= 0.6 is 11.8 Å². The number of aromatic nitrogens is 4. The molecule has 1 saturated heterocycles. The Bertz CT molecular complexity index is 747. The molecule has 1 amide bonds. The van der Waals surface area contributed by atoms with E-state index in [2.05, 4.69) is 15.5 Å². The van der Waals surface area contributed by atoms with Crippen LogP contribution in [0.15, 0.2) is 23.4 Å². The molecule has 0 aliphatic carbocycles. The molecule has 9 nitrogen and oxygen atoms in total. The highest BCUT2D eigenvalue weighted by molar-refractivity contribution is 7.99. The largest absolute Gasteiger partial charge is 0.454 e. The Morgan fingerprint density at radius 1 is 1.21 bits per heavy atom. The van der Waals surface area contributed by atoms with E-state index >= 15 is 0 Å². The van der Waals surface area contributed by atoms with E-state index in [1.165, 1.54) is 11.8 Å². The average Bonchev–Trinajstić information content (AvgIpc) is 3.28. The maximum absolute atomic E-state index is 12.2. The first-order chi connectivity index (χ1) is 11.8. The Morgan fingerprint density at radius 3 is 2.92 bits per heavy atom. The van der Waals surface area contributed by atoms with Crippen LogP contribution in [0.25, 0.3) is 5.69 Å². The monoisotopic (exact) mass is 349 g/mol. The fourth-order valence-electron chi connectivity index (χ4n) is 2.48. The zero-order chi connectivity index (χ0) is 16.4. The van der Waals surface area contributed by atoms with Gasteiger partial charge in [-0.05, 0) is 22.6 Å². The molecule has 3 heterocycles. The molecule has 4 rings (SSSR count). The fourth-order valence-corrected chi connectivity index (χ4v) is 3.27. The van der Waals surface area contributed by atoms with E-state index in [4.69, 9.17) is 14.2 Å². The van der Waals surface area contributed by atoms with Crippen LogP contribution in [0.4, 0.5) is 0 Å². The first-order valence-electron chi connectivity index (χ1n) is 7.48. The van der Waals surface area contributed by atoms with Crippen LogP contribution in [0.5, 0.6) is 11.5 Å². The van der Waals surface area contributed by atoms with Gasteiger partial charge in [-0.3, -0.25) is 4.79 Å². The highest BCUT2D eigenvalue weighted by Gasteiger charge is 2.20. The number of nitrogens with zero attached hydrogens (tertiary/aromatic N) is 5. The lowest BCUT2D eigenvalue weighted by Gasteiger charge is -2.26. The van der Waals surface area contributed by atoms with Crippen molar-refractivity contribution in [3.8, 4) is 17.2 Å². The summed E-state index contributed by atoms with van der Waals surface area (Å²) in [6, 6.07) is 5.47. The van der Waals surface area contributed by atoms with Gasteiger partial charge < -0.3 is 19.1 Å². The minimum Gasteiger partial charge on any atom is -0.454 e. The summed E-state index contributed by atoms with van der Waals surface area (Å²) in [4.78, 5) is 14.0. The number of hydrogen-bond acceptors (Lipinski definition) is 8. The summed E-state index contributed by atoms with van der Waals surface area (Å²) in [5.74, 6) is 1.70. The van der Waals surface area contributed by atoms with Crippen LogP contribution < -0.4 is 9.47 Å². The van der Waals surface area contributed by atoms with E-state index in [0.717, 1.165) is 5.69 Å². The number of carbonyl (C=O) groups excluding carboxylic acids is 1. The second-order valence-electron chi connectivity index (χ2n) is 5.19. The molecule has 0 saturated carbocycles. The van der Waals surface area contributed by atoms with E-state index in [9.17, 15) is 4.79 Å². The van der Waals surface area contributed by atoms with Gasteiger partial charge in [0.25, 0.3) is 0 Å². The molecular formula is C14H15N5O4S. The molecule has 126 valence electrons. The van der Waals surface area contributed by atoms with E-state index < -0.39 is 0 Å². The molecule has 0 N–H and O–H groups in total.